The van der Waals surface area contributed by atoms with Crippen molar-refractivity contribution in [3.05, 3.63) is 53.6 Å². The molecule has 0 aliphatic heterocycles. The fourth-order valence-electron chi connectivity index (χ4n) is 2.10. The van der Waals surface area contributed by atoms with Gasteiger partial charge in [-0.3, -0.25) is 4.79 Å². The molecule has 0 aliphatic rings. The summed E-state index contributed by atoms with van der Waals surface area (Å²) in [6.45, 7) is 4.27. The van der Waals surface area contributed by atoms with Gasteiger partial charge in [0.05, 0.1) is 5.56 Å². The second-order valence-electron chi connectivity index (χ2n) is 5.27. The number of carbonyl (C=O) groups is 1. The third-order valence-corrected chi connectivity index (χ3v) is 3.45. The zero-order chi connectivity index (χ0) is 17.7. The summed E-state index contributed by atoms with van der Waals surface area (Å²) in [6.07, 6.45) is -1.56. The minimum absolute atomic E-state index is 0.356. The number of alkyl halides is 3. The topological polar surface area (TPSA) is 59.8 Å². The minimum atomic E-state index is -4.41. The van der Waals surface area contributed by atoms with E-state index in [9.17, 15) is 18.0 Å². The van der Waals surface area contributed by atoms with Gasteiger partial charge in [0.2, 0.25) is 5.91 Å². The van der Waals surface area contributed by atoms with Crippen LogP contribution in [0, 0.1) is 6.92 Å². The summed E-state index contributed by atoms with van der Waals surface area (Å²) in [5, 5.41) is 10.2. The van der Waals surface area contributed by atoms with Crippen LogP contribution in [0.25, 0.3) is 5.57 Å². The van der Waals surface area contributed by atoms with Crippen molar-refractivity contribution in [1.29, 1.82) is 0 Å². The molecule has 2 aromatic rings. The Bertz CT molecular complexity index is 750. The maximum Gasteiger partial charge on any atom is 0.416 e. The molecule has 1 aromatic heterocycles. The smallest absolute Gasteiger partial charge is 0.351 e. The highest BCUT2D eigenvalue weighted by Crippen LogP contribution is 2.30. The summed E-state index contributed by atoms with van der Waals surface area (Å²) < 4.78 is 39.9. The zero-order valence-corrected chi connectivity index (χ0v) is 13.3. The molecule has 0 fully saturated rings. The lowest BCUT2D eigenvalue weighted by Crippen LogP contribution is -2.25. The summed E-state index contributed by atoms with van der Waals surface area (Å²) in [7, 11) is 0. The number of hydrogen-bond donors (Lipinski definition) is 1. The van der Waals surface area contributed by atoms with Gasteiger partial charge in [-0.1, -0.05) is 12.1 Å². The Kier molecular flexibility index (Phi) is 5.38. The number of nitrogens with zero attached hydrogens (tertiary/aromatic N) is 3. The molecule has 24 heavy (non-hydrogen) atoms. The van der Waals surface area contributed by atoms with E-state index in [4.69, 9.17) is 0 Å². The van der Waals surface area contributed by atoms with Gasteiger partial charge in [-0.2, -0.15) is 13.2 Å². The number of amides is 1. The first-order valence-electron chi connectivity index (χ1n) is 7.25. The van der Waals surface area contributed by atoms with Crippen LogP contribution in [0.3, 0.4) is 0 Å². The summed E-state index contributed by atoms with van der Waals surface area (Å²) >= 11 is 0. The van der Waals surface area contributed by atoms with E-state index in [1.165, 1.54) is 18.2 Å². The second-order valence-corrected chi connectivity index (χ2v) is 5.27. The van der Waals surface area contributed by atoms with Crippen molar-refractivity contribution >= 4 is 11.5 Å². The molecule has 1 amide bonds. The summed E-state index contributed by atoms with van der Waals surface area (Å²) in [5.74, 6) is 0.371. The molecule has 1 heterocycles. The molecule has 0 unspecified atom stereocenters. The molecule has 0 atom stereocenters. The molecule has 1 N–H and O–H groups in total. The minimum Gasteiger partial charge on any atom is -0.351 e. The Hall–Kier alpha value is -2.64. The lowest BCUT2D eigenvalue weighted by Gasteiger charge is -2.09. The number of rotatable bonds is 5. The van der Waals surface area contributed by atoms with Gasteiger partial charge < -0.3 is 9.88 Å². The highest BCUT2D eigenvalue weighted by atomic mass is 19.4. The van der Waals surface area contributed by atoms with Crippen LogP contribution in [0.1, 0.15) is 23.9 Å². The second kappa shape index (κ2) is 7.29. The summed E-state index contributed by atoms with van der Waals surface area (Å²) in [5.41, 5.74) is 0.0740. The Balaban J connectivity index is 1.97. The number of halogens is 3. The third kappa shape index (κ3) is 4.68. The predicted octanol–water partition coefficient (Wildman–Crippen LogP) is 2.83. The van der Waals surface area contributed by atoms with Crippen LogP contribution >= 0.6 is 0 Å². The fourth-order valence-corrected chi connectivity index (χ4v) is 2.10. The zero-order valence-electron chi connectivity index (χ0n) is 13.3. The van der Waals surface area contributed by atoms with Gasteiger partial charge in [0.15, 0.2) is 0 Å². The lowest BCUT2D eigenvalue weighted by molar-refractivity contribution is -0.137. The van der Waals surface area contributed by atoms with Crippen molar-refractivity contribution in [2.24, 2.45) is 0 Å². The molecule has 0 spiro atoms. The maximum absolute atomic E-state index is 12.7. The van der Waals surface area contributed by atoms with Crippen LogP contribution in [0.2, 0.25) is 0 Å². The first-order chi connectivity index (χ1) is 11.3. The monoisotopic (exact) mass is 338 g/mol. The molecular weight excluding hydrogens is 321 g/mol. The van der Waals surface area contributed by atoms with Gasteiger partial charge in [0, 0.05) is 19.2 Å². The summed E-state index contributed by atoms with van der Waals surface area (Å²) in [6, 6.07) is 4.88. The molecule has 0 radical (unpaired) electrons. The molecular formula is C16H17F3N4O. The Morgan fingerprint density at radius 1 is 1.38 bits per heavy atom. The molecule has 1 aromatic carbocycles. The van der Waals surface area contributed by atoms with Crippen molar-refractivity contribution in [3.8, 4) is 0 Å². The Morgan fingerprint density at radius 3 is 2.75 bits per heavy atom. The van der Waals surface area contributed by atoms with Gasteiger partial charge >= 0.3 is 6.18 Å². The van der Waals surface area contributed by atoms with Crippen LogP contribution in [-0.2, 0) is 17.5 Å². The maximum atomic E-state index is 12.7. The van der Waals surface area contributed by atoms with Crippen molar-refractivity contribution in [2.75, 3.05) is 6.54 Å². The van der Waals surface area contributed by atoms with Crippen molar-refractivity contribution in [1.82, 2.24) is 20.1 Å². The lowest BCUT2D eigenvalue weighted by atomic mass is 10.0. The van der Waals surface area contributed by atoms with E-state index in [2.05, 4.69) is 15.5 Å². The van der Waals surface area contributed by atoms with Gasteiger partial charge in [-0.15, -0.1) is 10.2 Å². The highest BCUT2D eigenvalue weighted by molar-refractivity contribution is 5.94. The quantitative estimate of drug-likeness (QED) is 0.853. The third-order valence-electron chi connectivity index (χ3n) is 3.45. The molecule has 0 bridgehead atoms. The molecule has 8 heteroatoms. The van der Waals surface area contributed by atoms with E-state index in [1.807, 2.05) is 0 Å². The van der Waals surface area contributed by atoms with Crippen molar-refractivity contribution in [3.63, 3.8) is 0 Å². The number of hydrogen-bond acceptors (Lipinski definition) is 3. The van der Waals surface area contributed by atoms with Crippen molar-refractivity contribution in [2.45, 2.75) is 26.6 Å². The molecule has 0 saturated heterocycles. The van der Waals surface area contributed by atoms with Crippen LogP contribution < -0.4 is 5.32 Å². The standard InChI is InChI=1S/C16H17F3N4O/c1-11(13-4-3-5-14(9-13)16(17,18)19)8-15(24)20-6-7-23-10-21-22-12(23)2/h3-5,8-10H,6-7H2,1-2H3,(H,20,24)/b11-8+. The van der Waals surface area contributed by atoms with Gasteiger partial charge in [-0.25, -0.2) is 0 Å². The van der Waals surface area contributed by atoms with E-state index in [0.717, 1.165) is 18.0 Å². The van der Waals surface area contributed by atoms with Gasteiger partial charge in [0.1, 0.15) is 12.2 Å². The number of aryl methyl sites for hydroxylation is 1. The predicted molar refractivity (Wildman–Crippen MR) is 82.9 cm³/mol. The molecule has 0 aliphatic carbocycles. The van der Waals surface area contributed by atoms with E-state index in [1.54, 1.807) is 24.7 Å². The Labute approximate surface area is 137 Å². The number of allylic oxidation sites excluding steroid dienone is 1. The molecule has 128 valence electrons. The van der Waals surface area contributed by atoms with Crippen LogP contribution in [0.15, 0.2) is 36.7 Å². The highest BCUT2D eigenvalue weighted by Gasteiger charge is 2.30. The van der Waals surface area contributed by atoms with E-state index in [-0.39, 0.29) is 5.91 Å². The molecule has 0 saturated carbocycles. The first-order valence-corrected chi connectivity index (χ1v) is 7.25. The van der Waals surface area contributed by atoms with Crippen molar-refractivity contribution < 1.29 is 18.0 Å². The van der Waals surface area contributed by atoms with Gasteiger partial charge in [0.25, 0.3) is 0 Å². The van der Waals surface area contributed by atoms with Gasteiger partial charge in [-0.05, 0) is 37.1 Å². The normalized spacial score (nSPS) is 12.3. The average molecular weight is 338 g/mol. The van der Waals surface area contributed by atoms with Crippen LogP contribution in [0.4, 0.5) is 13.2 Å². The van der Waals surface area contributed by atoms with E-state index >= 15 is 0 Å². The Morgan fingerprint density at radius 2 is 2.12 bits per heavy atom. The van der Waals surface area contributed by atoms with E-state index < -0.39 is 11.7 Å². The first kappa shape index (κ1) is 17.7. The number of benzene rings is 1. The number of aromatic nitrogens is 3. The average Bonchev–Trinajstić information content (AvgIpc) is 2.92. The number of nitrogens with one attached hydrogen (secondary N) is 1. The SMILES string of the molecule is C/C(=C\C(=O)NCCn1cnnc1C)c1cccc(C(F)(F)F)c1. The largest absolute Gasteiger partial charge is 0.416 e. The van der Waals surface area contributed by atoms with Crippen LogP contribution in [0.5, 0.6) is 0 Å². The summed E-state index contributed by atoms with van der Waals surface area (Å²) in [4.78, 5) is 11.9. The number of carbonyl (C=O) groups excluding carboxylic acids is 1. The molecule has 5 nitrogen and oxygen atoms in total. The molecule has 2 rings (SSSR count). The fraction of sp³-hybridized carbons (Fsp3) is 0.312. The van der Waals surface area contributed by atoms with E-state index in [0.29, 0.717) is 24.2 Å². The van der Waals surface area contributed by atoms with Crippen LogP contribution in [-0.4, -0.2) is 27.2 Å².